The summed E-state index contributed by atoms with van der Waals surface area (Å²) in [5.41, 5.74) is 16.6. The molecular formula is C66H46N4. The van der Waals surface area contributed by atoms with Crippen LogP contribution in [0, 0.1) is 0 Å². The maximum absolute atomic E-state index is 3.84. The summed E-state index contributed by atoms with van der Waals surface area (Å²) in [6.45, 7) is 0. The molecule has 0 aliphatic rings. The number of aromatic nitrogens is 1. The lowest BCUT2D eigenvalue weighted by molar-refractivity contribution is 1.18. The first-order chi connectivity index (χ1) is 34.6. The van der Waals surface area contributed by atoms with Crippen LogP contribution in [0.1, 0.15) is 0 Å². The van der Waals surface area contributed by atoms with Gasteiger partial charge < -0.3 is 20.5 Å². The highest BCUT2D eigenvalue weighted by Gasteiger charge is 2.17. The van der Waals surface area contributed by atoms with Gasteiger partial charge in [0, 0.05) is 67.3 Å². The summed E-state index contributed by atoms with van der Waals surface area (Å²) in [6.07, 6.45) is 0. The first-order valence-electron chi connectivity index (χ1n) is 23.9. The van der Waals surface area contributed by atoms with E-state index < -0.39 is 0 Å². The minimum Gasteiger partial charge on any atom is -0.355 e. The Morgan fingerprint density at radius 1 is 0.243 bits per heavy atom. The van der Waals surface area contributed by atoms with Crippen molar-refractivity contribution < 1.29 is 0 Å². The second-order valence-corrected chi connectivity index (χ2v) is 18.0. The minimum absolute atomic E-state index is 1.02. The van der Waals surface area contributed by atoms with Crippen LogP contribution in [0.2, 0.25) is 0 Å². The number of hydrogen-bond acceptors (Lipinski definition) is 3. The van der Waals surface area contributed by atoms with E-state index in [2.05, 4.69) is 281 Å². The lowest BCUT2D eigenvalue weighted by atomic mass is 9.99. The predicted octanol–water partition coefficient (Wildman–Crippen LogP) is 18.5. The highest BCUT2D eigenvalue weighted by atomic mass is 15.0. The Balaban J connectivity index is 0.882. The Morgan fingerprint density at radius 2 is 0.571 bits per heavy atom. The Bertz CT molecular complexity index is 3930. The Kier molecular flexibility index (Phi) is 10.1. The van der Waals surface area contributed by atoms with E-state index in [1.54, 1.807) is 0 Å². The van der Waals surface area contributed by atoms with Gasteiger partial charge in [-0.1, -0.05) is 164 Å². The van der Waals surface area contributed by atoms with E-state index in [1.165, 1.54) is 49.0 Å². The van der Waals surface area contributed by atoms with Crippen LogP contribution in [0.5, 0.6) is 0 Å². The van der Waals surface area contributed by atoms with Gasteiger partial charge in [0.25, 0.3) is 0 Å². The maximum Gasteiger partial charge on any atom is 0.0542 e. The average molecular weight is 895 g/mol. The lowest BCUT2D eigenvalue weighted by Gasteiger charge is -2.15. The third-order valence-electron chi connectivity index (χ3n) is 13.7. The molecule has 0 fully saturated rings. The van der Waals surface area contributed by atoms with Crippen molar-refractivity contribution >= 4 is 88.2 Å². The molecule has 4 nitrogen and oxygen atoms in total. The maximum atomic E-state index is 3.84. The van der Waals surface area contributed by atoms with Gasteiger partial charge in [-0.2, -0.15) is 0 Å². The van der Waals surface area contributed by atoms with Crippen LogP contribution in [0.3, 0.4) is 0 Å². The van der Waals surface area contributed by atoms with Crippen molar-refractivity contribution in [1.29, 1.82) is 0 Å². The molecular weight excluding hydrogens is 849 g/mol. The summed E-state index contributed by atoms with van der Waals surface area (Å²) in [4.78, 5) is 0. The van der Waals surface area contributed by atoms with Gasteiger partial charge in [0.05, 0.1) is 11.0 Å². The fraction of sp³-hybridized carbons (Fsp3) is 0. The van der Waals surface area contributed by atoms with Crippen molar-refractivity contribution in [2.24, 2.45) is 0 Å². The van der Waals surface area contributed by atoms with Gasteiger partial charge in [-0.05, 0) is 146 Å². The largest absolute Gasteiger partial charge is 0.355 e. The van der Waals surface area contributed by atoms with Crippen molar-refractivity contribution in [1.82, 2.24) is 4.57 Å². The SMILES string of the molecule is c1ccc(-c2ccc3ccccc3c2)c(Nc2ccc(-n3c4ccc(Nc5ccccc5-c5ccc6ccccc6c5)cc4c4cc(Nc5ccccc5-c5ccc6ccccc6c5)ccc43)cc2)c1. The van der Waals surface area contributed by atoms with E-state index >= 15 is 0 Å². The van der Waals surface area contributed by atoms with Crippen LogP contribution in [-0.4, -0.2) is 4.57 Å². The van der Waals surface area contributed by atoms with Crippen LogP contribution in [-0.2, 0) is 0 Å². The number of para-hydroxylation sites is 3. The number of benzene rings is 12. The topological polar surface area (TPSA) is 41.0 Å². The van der Waals surface area contributed by atoms with Crippen LogP contribution in [0.25, 0.3) is 93.2 Å². The predicted molar refractivity (Wildman–Crippen MR) is 299 cm³/mol. The summed E-state index contributed by atoms with van der Waals surface area (Å²) in [6, 6.07) is 93.8. The summed E-state index contributed by atoms with van der Waals surface area (Å²) < 4.78 is 2.39. The van der Waals surface area contributed by atoms with Crippen molar-refractivity contribution in [3.63, 3.8) is 0 Å². The number of hydrogen-bond donors (Lipinski definition) is 3. The normalized spacial score (nSPS) is 11.4. The van der Waals surface area contributed by atoms with Gasteiger partial charge >= 0.3 is 0 Å². The molecule has 0 spiro atoms. The number of nitrogens with one attached hydrogen (secondary N) is 3. The molecule has 0 atom stereocenters. The molecule has 0 saturated heterocycles. The van der Waals surface area contributed by atoms with Crippen molar-refractivity contribution in [2.75, 3.05) is 16.0 Å². The minimum atomic E-state index is 1.02. The highest BCUT2D eigenvalue weighted by Crippen LogP contribution is 2.40. The summed E-state index contributed by atoms with van der Waals surface area (Å²) in [5, 5.41) is 21.1. The van der Waals surface area contributed by atoms with Gasteiger partial charge in [0.15, 0.2) is 0 Å². The van der Waals surface area contributed by atoms with Gasteiger partial charge in [-0.3, -0.25) is 0 Å². The Labute approximate surface area is 406 Å². The molecule has 1 heterocycles. The number of nitrogens with zero attached hydrogens (tertiary/aromatic N) is 1. The molecule has 4 heteroatoms. The zero-order chi connectivity index (χ0) is 46.4. The molecule has 0 unspecified atom stereocenters. The van der Waals surface area contributed by atoms with E-state index in [-0.39, 0.29) is 0 Å². The van der Waals surface area contributed by atoms with E-state index in [1.807, 2.05) is 0 Å². The molecule has 0 bridgehead atoms. The summed E-state index contributed by atoms with van der Waals surface area (Å²) in [7, 11) is 0. The number of anilines is 6. The molecule has 70 heavy (non-hydrogen) atoms. The van der Waals surface area contributed by atoms with Crippen LogP contribution >= 0.6 is 0 Å². The molecule has 0 aliphatic heterocycles. The molecule has 0 amide bonds. The smallest absolute Gasteiger partial charge is 0.0542 e. The lowest BCUT2D eigenvalue weighted by Crippen LogP contribution is -1.97. The second kappa shape index (κ2) is 17.4. The second-order valence-electron chi connectivity index (χ2n) is 18.0. The fourth-order valence-corrected chi connectivity index (χ4v) is 10.2. The molecule has 3 N–H and O–H groups in total. The zero-order valence-electron chi connectivity index (χ0n) is 38.3. The molecule has 1 aromatic heterocycles. The van der Waals surface area contributed by atoms with Gasteiger partial charge in [0.2, 0.25) is 0 Å². The van der Waals surface area contributed by atoms with Gasteiger partial charge in [-0.25, -0.2) is 0 Å². The third kappa shape index (κ3) is 7.64. The third-order valence-corrected chi connectivity index (χ3v) is 13.7. The van der Waals surface area contributed by atoms with Gasteiger partial charge in [-0.15, -0.1) is 0 Å². The highest BCUT2D eigenvalue weighted by molar-refractivity contribution is 6.12. The zero-order valence-corrected chi connectivity index (χ0v) is 38.3. The van der Waals surface area contributed by atoms with Crippen LogP contribution in [0.15, 0.2) is 261 Å². The molecule has 0 aliphatic carbocycles. The molecule has 12 aromatic carbocycles. The van der Waals surface area contributed by atoms with E-state index in [4.69, 9.17) is 0 Å². The van der Waals surface area contributed by atoms with Crippen LogP contribution in [0.4, 0.5) is 34.1 Å². The summed E-state index contributed by atoms with van der Waals surface area (Å²) >= 11 is 0. The average Bonchev–Trinajstić information content (AvgIpc) is 3.74. The first-order valence-corrected chi connectivity index (χ1v) is 23.9. The van der Waals surface area contributed by atoms with Crippen molar-refractivity contribution in [2.45, 2.75) is 0 Å². The molecule has 13 rings (SSSR count). The van der Waals surface area contributed by atoms with E-state index in [0.29, 0.717) is 0 Å². The Morgan fingerprint density at radius 3 is 0.971 bits per heavy atom. The summed E-state index contributed by atoms with van der Waals surface area (Å²) in [5.74, 6) is 0. The quantitative estimate of drug-likeness (QED) is 0.128. The molecule has 330 valence electrons. The molecule has 13 aromatic rings. The fourth-order valence-electron chi connectivity index (χ4n) is 10.2. The number of fused-ring (bicyclic) bond motifs is 6. The monoisotopic (exact) mass is 894 g/mol. The number of rotatable bonds is 10. The van der Waals surface area contributed by atoms with E-state index in [9.17, 15) is 0 Å². The Hall–Kier alpha value is -9.38. The molecule has 0 radical (unpaired) electrons. The van der Waals surface area contributed by atoms with Crippen molar-refractivity contribution in [3.05, 3.63) is 261 Å². The molecule has 0 saturated carbocycles. The standard InChI is InChI=1S/C66H46N4/c1-4-16-47-39-50(28-25-44(47)13-1)57-19-7-10-22-62(57)67-53-31-35-56(36-32-53)70-65-37-33-54(68-63-23-11-8-20-58(63)51-29-26-45-14-2-5-17-48(45)40-51)42-60(65)61-43-55(34-38-66(61)70)69-64-24-12-9-21-59(64)52-30-27-46-15-3-6-18-49(46)41-52/h1-43,67-69H. The first kappa shape index (κ1) is 40.9. The van der Waals surface area contributed by atoms with E-state index in [0.717, 1.165) is 78.3 Å². The van der Waals surface area contributed by atoms with Crippen LogP contribution < -0.4 is 16.0 Å². The van der Waals surface area contributed by atoms with Gasteiger partial charge in [0.1, 0.15) is 0 Å². The van der Waals surface area contributed by atoms with Crippen molar-refractivity contribution in [3.8, 4) is 39.1 Å².